The number of amides is 1. The molecule has 0 aliphatic carbocycles. The molecule has 2 atom stereocenters. The molecule has 10 nitrogen and oxygen atoms in total. The van der Waals surface area contributed by atoms with Crippen LogP contribution < -0.4 is 5.73 Å². The van der Waals surface area contributed by atoms with Gasteiger partial charge in [-0.2, -0.15) is 9.07 Å². The number of nitrogen functional groups attached to an aromatic ring is 1. The molecule has 6 rings (SSSR count). The van der Waals surface area contributed by atoms with E-state index in [4.69, 9.17) is 17.3 Å². The summed E-state index contributed by atoms with van der Waals surface area (Å²) in [7, 11) is 0. The highest BCUT2D eigenvalue weighted by Crippen LogP contribution is 2.44. The van der Waals surface area contributed by atoms with Gasteiger partial charge in [0.25, 0.3) is 0 Å². The minimum absolute atomic E-state index is 0.0607. The normalized spacial score (nSPS) is 19.5. The van der Waals surface area contributed by atoms with Gasteiger partial charge < -0.3 is 15.6 Å². The smallest absolute Gasteiger partial charge is 0.247 e. The van der Waals surface area contributed by atoms with E-state index in [0.29, 0.717) is 42.0 Å². The summed E-state index contributed by atoms with van der Waals surface area (Å²) in [5, 5.41) is 11.0. The second-order valence-corrected chi connectivity index (χ2v) is 9.04. The number of aromatic amines is 1. The average Bonchev–Trinajstić information content (AvgIpc) is 3.61. The SMILES string of the molecule is Nc1ccc(-c2cnc([C@H]3CC[C@@H]4CC(c5c(-n6cnnn6)ccc(Cl)c5F)=CC(=O)N43)[nH]2)c(F)n1. The standard InChI is InChI=1S/C23H18ClF2N9O/c24-14-3-5-16(34-10-29-32-33-34)20(21(14)25)11-7-12-1-4-17(35(12)19(36)8-11)23-28-9-15(30-23)13-2-6-18(27)31-22(13)26/h2-3,5-6,8-10,12,17H,1,4,7H2,(H2,27,31)(H,28,30)/t12-,17-/m1/s1. The number of tetrazole rings is 1. The lowest BCUT2D eigenvalue weighted by Gasteiger charge is -2.33. The fourth-order valence-electron chi connectivity index (χ4n) is 5.00. The Morgan fingerprint density at radius 1 is 1.17 bits per heavy atom. The zero-order valence-corrected chi connectivity index (χ0v) is 19.3. The van der Waals surface area contributed by atoms with E-state index < -0.39 is 11.8 Å². The second kappa shape index (κ2) is 8.48. The molecule has 0 radical (unpaired) electrons. The van der Waals surface area contributed by atoms with Gasteiger partial charge in [-0.05, 0) is 59.5 Å². The van der Waals surface area contributed by atoms with Crippen LogP contribution in [0.1, 0.15) is 36.7 Å². The maximum atomic E-state index is 15.2. The largest absolute Gasteiger partial charge is 0.384 e. The molecule has 0 spiro atoms. The van der Waals surface area contributed by atoms with Crippen molar-refractivity contribution in [1.29, 1.82) is 0 Å². The summed E-state index contributed by atoms with van der Waals surface area (Å²) in [4.78, 5) is 26.3. The first-order chi connectivity index (χ1) is 17.4. The van der Waals surface area contributed by atoms with Crippen molar-refractivity contribution in [3.05, 3.63) is 71.0 Å². The number of carbonyl (C=O) groups is 1. The molecule has 1 aromatic carbocycles. The summed E-state index contributed by atoms with van der Waals surface area (Å²) in [6, 6.07) is 5.56. The monoisotopic (exact) mass is 509 g/mol. The van der Waals surface area contributed by atoms with Gasteiger partial charge in [0.15, 0.2) is 5.82 Å². The Morgan fingerprint density at radius 3 is 2.81 bits per heavy atom. The molecule has 3 aromatic heterocycles. The topological polar surface area (TPSA) is 132 Å². The van der Waals surface area contributed by atoms with Crippen LogP contribution in [0.4, 0.5) is 14.6 Å². The van der Waals surface area contributed by atoms with E-state index in [2.05, 4.69) is 30.5 Å². The number of anilines is 1. The highest BCUT2D eigenvalue weighted by atomic mass is 35.5. The Morgan fingerprint density at radius 2 is 2.03 bits per heavy atom. The molecule has 3 N–H and O–H groups in total. The quantitative estimate of drug-likeness (QED) is 0.402. The third kappa shape index (κ3) is 3.61. The number of H-pyrrole nitrogens is 1. The molecule has 4 aromatic rings. The number of nitrogens with zero attached hydrogens (tertiary/aromatic N) is 7. The van der Waals surface area contributed by atoms with Gasteiger partial charge in [0.2, 0.25) is 11.9 Å². The van der Waals surface area contributed by atoms with Gasteiger partial charge >= 0.3 is 0 Å². The predicted molar refractivity (Wildman–Crippen MR) is 126 cm³/mol. The summed E-state index contributed by atoms with van der Waals surface area (Å²) in [6.45, 7) is 0. The van der Waals surface area contributed by atoms with Crippen molar-refractivity contribution in [3.8, 4) is 16.9 Å². The molecule has 13 heteroatoms. The van der Waals surface area contributed by atoms with Crippen LogP contribution in [0.2, 0.25) is 5.02 Å². The second-order valence-electron chi connectivity index (χ2n) is 8.63. The number of aromatic nitrogens is 7. The number of carbonyl (C=O) groups excluding carboxylic acids is 1. The highest BCUT2D eigenvalue weighted by Gasteiger charge is 2.42. The lowest BCUT2D eigenvalue weighted by molar-refractivity contribution is -0.129. The maximum Gasteiger partial charge on any atom is 0.247 e. The summed E-state index contributed by atoms with van der Waals surface area (Å²) < 4.78 is 30.9. The van der Waals surface area contributed by atoms with E-state index >= 15 is 4.39 Å². The molecule has 1 fully saturated rings. The predicted octanol–water partition coefficient (Wildman–Crippen LogP) is 3.48. The Hall–Kier alpha value is -4.19. The number of nitrogens with two attached hydrogens (primary N) is 1. The zero-order chi connectivity index (χ0) is 25.0. The van der Waals surface area contributed by atoms with Crippen molar-refractivity contribution in [2.24, 2.45) is 0 Å². The number of benzene rings is 1. The first kappa shape index (κ1) is 22.3. The molecule has 0 unspecified atom stereocenters. The minimum Gasteiger partial charge on any atom is -0.384 e. The molecule has 5 heterocycles. The number of hydrogen-bond acceptors (Lipinski definition) is 7. The molecule has 2 aliphatic heterocycles. The summed E-state index contributed by atoms with van der Waals surface area (Å²) >= 11 is 6.08. The Labute approximate surface area is 207 Å². The van der Waals surface area contributed by atoms with Crippen LogP contribution >= 0.6 is 11.6 Å². The Balaban J connectivity index is 1.33. The molecule has 36 heavy (non-hydrogen) atoms. The summed E-state index contributed by atoms with van der Waals surface area (Å²) in [5.74, 6) is -1.00. The first-order valence-corrected chi connectivity index (χ1v) is 11.5. The first-order valence-electron chi connectivity index (χ1n) is 11.1. The molecule has 1 amide bonds. The molecular formula is C23H18ClF2N9O. The van der Waals surface area contributed by atoms with Gasteiger partial charge in [-0.25, -0.2) is 14.4 Å². The van der Waals surface area contributed by atoms with Gasteiger partial charge in [-0.1, -0.05) is 11.6 Å². The molecule has 0 bridgehead atoms. The summed E-state index contributed by atoms with van der Waals surface area (Å²) in [6.07, 6.45) is 6.02. The summed E-state index contributed by atoms with van der Waals surface area (Å²) in [5.41, 5.74) is 7.30. The third-order valence-electron chi connectivity index (χ3n) is 6.57. The Kier molecular flexibility index (Phi) is 5.25. The van der Waals surface area contributed by atoms with Gasteiger partial charge in [0.05, 0.1) is 34.2 Å². The van der Waals surface area contributed by atoms with Crippen molar-refractivity contribution < 1.29 is 13.6 Å². The molecule has 2 aliphatic rings. The number of nitrogens with one attached hydrogen (secondary N) is 1. The number of halogens is 3. The van der Waals surface area contributed by atoms with E-state index in [9.17, 15) is 9.18 Å². The van der Waals surface area contributed by atoms with E-state index in [1.165, 1.54) is 41.5 Å². The van der Waals surface area contributed by atoms with Crippen molar-refractivity contribution >= 4 is 28.9 Å². The number of rotatable bonds is 4. The number of fused-ring (bicyclic) bond motifs is 1. The van der Waals surface area contributed by atoms with Crippen molar-refractivity contribution in [3.63, 3.8) is 0 Å². The fraction of sp³-hybridized carbons (Fsp3) is 0.217. The van der Waals surface area contributed by atoms with Gasteiger partial charge in [-0.15, -0.1) is 5.10 Å². The lowest BCUT2D eigenvalue weighted by atomic mass is 9.92. The van der Waals surface area contributed by atoms with Crippen molar-refractivity contribution in [1.82, 2.24) is 40.1 Å². The number of pyridine rings is 1. The van der Waals surface area contributed by atoms with Crippen LogP contribution in [0.15, 0.2) is 42.9 Å². The van der Waals surface area contributed by atoms with Crippen LogP contribution in [0, 0.1) is 11.8 Å². The minimum atomic E-state index is -0.710. The van der Waals surface area contributed by atoms with Crippen molar-refractivity contribution in [2.45, 2.75) is 31.3 Å². The average molecular weight is 510 g/mol. The maximum absolute atomic E-state index is 15.2. The number of hydrogen-bond donors (Lipinski definition) is 2. The molecule has 1 saturated heterocycles. The van der Waals surface area contributed by atoms with Gasteiger partial charge in [0, 0.05) is 17.7 Å². The van der Waals surface area contributed by atoms with Gasteiger partial charge in [0.1, 0.15) is 18.0 Å². The van der Waals surface area contributed by atoms with Crippen LogP contribution in [0.5, 0.6) is 0 Å². The fourth-order valence-corrected chi connectivity index (χ4v) is 5.15. The van der Waals surface area contributed by atoms with E-state index in [1.807, 2.05) is 0 Å². The van der Waals surface area contributed by atoms with Crippen LogP contribution in [0.25, 0.3) is 22.5 Å². The number of imidazole rings is 1. The van der Waals surface area contributed by atoms with E-state index in [-0.39, 0.29) is 40.0 Å². The van der Waals surface area contributed by atoms with Crippen LogP contribution in [-0.2, 0) is 4.79 Å². The molecular weight excluding hydrogens is 492 g/mol. The molecule has 0 saturated carbocycles. The zero-order valence-electron chi connectivity index (χ0n) is 18.6. The van der Waals surface area contributed by atoms with E-state index in [0.717, 1.165) is 0 Å². The highest BCUT2D eigenvalue weighted by molar-refractivity contribution is 6.31. The molecule has 182 valence electrons. The van der Waals surface area contributed by atoms with E-state index in [1.54, 1.807) is 11.0 Å². The third-order valence-corrected chi connectivity index (χ3v) is 6.86. The van der Waals surface area contributed by atoms with Crippen LogP contribution in [-0.4, -0.2) is 52.0 Å². The lowest BCUT2D eigenvalue weighted by Crippen LogP contribution is -2.39. The Bertz CT molecular complexity index is 1520. The van der Waals surface area contributed by atoms with Crippen LogP contribution in [0.3, 0.4) is 0 Å². The van der Waals surface area contributed by atoms with Gasteiger partial charge in [-0.3, -0.25) is 4.79 Å². The van der Waals surface area contributed by atoms with Crippen molar-refractivity contribution in [2.75, 3.05) is 5.73 Å².